The van der Waals surface area contributed by atoms with E-state index in [9.17, 15) is 0 Å². The Balaban J connectivity index is 2.15. The summed E-state index contributed by atoms with van der Waals surface area (Å²) in [7, 11) is 0. The van der Waals surface area contributed by atoms with E-state index in [1.165, 1.54) is 57.8 Å². The van der Waals surface area contributed by atoms with Crippen LogP contribution in [0.4, 0.5) is 0 Å². The second-order valence-corrected chi connectivity index (χ2v) is 4.26. The summed E-state index contributed by atoms with van der Waals surface area (Å²) >= 11 is 0. The molecule has 0 heteroatoms. The highest BCUT2D eigenvalue weighted by molar-refractivity contribution is 5.06. The van der Waals surface area contributed by atoms with Crippen molar-refractivity contribution in [1.29, 1.82) is 0 Å². The van der Waals surface area contributed by atoms with Crippen molar-refractivity contribution >= 4 is 0 Å². The Morgan fingerprint density at radius 3 is 2.71 bits per heavy atom. The van der Waals surface area contributed by atoms with Crippen molar-refractivity contribution in [3.05, 3.63) is 23.8 Å². The van der Waals surface area contributed by atoms with Gasteiger partial charge in [0.25, 0.3) is 0 Å². The summed E-state index contributed by atoms with van der Waals surface area (Å²) in [6, 6.07) is 0. The standard InChI is InChI=1S/C14H24/c1-2-3-4-8-11-14-12-9-6-5-7-10-13-14/h5-6,13H,2-4,7-12H2,1H3. The predicted molar refractivity (Wildman–Crippen MR) is 64.5 cm³/mol. The first-order chi connectivity index (χ1) is 6.93. The third kappa shape index (κ3) is 5.26. The molecule has 0 radical (unpaired) electrons. The maximum Gasteiger partial charge on any atom is -0.0286 e. The van der Waals surface area contributed by atoms with Crippen molar-refractivity contribution < 1.29 is 0 Å². The molecular weight excluding hydrogens is 168 g/mol. The Hall–Kier alpha value is -0.520. The van der Waals surface area contributed by atoms with Gasteiger partial charge in [-0.05, 0) is 38.5 Å². The van der Waals surface area contributed by atoms with Gasteiger partial charge in [0.05, 0.1) is 0 Å². The van der Waals surface area contributed by atoms with Crippen LogP contribution >= 0.6 is 0 Å². The van der Waals surface area contributed by atoms with Crippen LogP contribution in [0.15, 0.2) is 23.8 Å². The molecule has 0 amide bonds. The Labute approximate surface area is 89.1 Å². The maximum absolute atomic E-state index is 2.48. The van der Waals surface area contributed by atoms with E-state index < -0.39 is 0 Å². The Morgan fingerprint density at radius 1 is 1.00 bits per heavy atom. The average molecular weight is 192 g/mol. The van der Waals surface area contributed by atoms with Gasteiger partial charge in [0, 0.05) is 0 Å². The van der Waals surface area contributed by atoms with Crippen molar-refractivity contribution in [1.82, 2.24) is 0 Å². The lowest BCUT2D eigenvalue weighted by molar-refractivity contribution is 0.652. The zero-order valence-corrected chi connectivity index (χ0v) is 9.60. The van der Waals surface area contributed by atoms with Crippen LogP contribution in [0.2, 0.25) is 0 Å². The normalized spacial score (nSPS) is 17.4. The van der Waals surface area contributed by atoms with E-state index in [4.69, 9.17) is 0 Å². The van der Waals surface area contributed by atoms with E-state index in [0.29, 0.717) is 0 Å². The van der Waals surface area contributed by atoms with Crippen LogP contribution in [0.5, 0.6) is 0 Å². The van der Waals surface area contributed by atoms with Crippen LogP contribution in [0, 0.1) is 0 Å². The maximum atomic E-state index is 2.48. The third-order valence-electron chi connectivity index (χ3n) is 2.92. The largest absolute Gasteiger partial charge is 0.0882 e. The smallest absolute Gasteiger partial charge is 0.0286 e. The zero-order chi connectivity index (χ0) is 10.1. The summed E-state index contributed by atoms with van der Waals surface area (Å²) in [5.74, 6) is 0. The molecule has 0 fully saturated rings. The average Bonchev–Trinajstić information content (AvgIpc) is 2.15. The summed E-state index contributed by atoms with van der Waals surface area (Å²) in [5.41, 5.74) is 1.71. The summed E-state index contributed by atoms with van der Waals surface area (Å²) < 4.78 is 0. The minimum Gasteiger partial charge on any atom is -0.0882 e. The number of rotatable bonds is 5. The van der Waals surface area contributed by atoms with Gasteiger partial charge >= 0.3 is 0 Å². The molecule has 0 saturated carbocycles. The van der Waals surface area contributed by atoms with E-state index in [1.807, 2.05) is 0 Å². The predicted octanol–water partition coefficient (Wildman–Crippen LogP) is 5.01. The molecule has 0 heterocycles. The highest BCUT2D eigenvalue weighted by Crippen LogP contribution is 2.18. The van der Waals surface area contributed by atoms with Crippen molar-refractivity contribution in [2.24, 2.45) is 0 Å². The molecule has 80 valence electrons. The fraction of sp³-hybridized carbons (Fsp3) is 0.714. The number of hydrogen-bond acceptors (Lipinski definition) is 0. The van der Waals surface area contributed by atoms with Gasteiger partial charge in [-0.2, -0.15) is 0 Å². The zero-order valence-electron chi connectivity index (χ0n) is 9.60. The molecule has 0 bridgehead atoms. The van der Waals surface area contributed by atoms with E-state index in [-0.39, 0.29) is 0 Å². The van der Waals surface area contributed by atoms with Crippen LogP contribution in [0.3, 0.4) is 0 Å². The van der Waals surface area contributed by atoms with Gasteiger partial charge in [0.1, 0.15) is 0 Å². The molecule has 0 spiro atoms. The van der Waals surface area contributed by atoms with Crippen LogP contribution < -0.4 is 0 Å². The summed E-state index contributed by atoms with van der Waals surface area (Å²) in [5, 5.41) is 0. The van der Waals surface area contributed by atoms with E-state index in [2.05, 4.69) is 25.2 Å². The molecule has 0 saturated heterocycles. The Kier molecular flexibility index (Phi) is 6.47. The first-order valence-electron chi connectivity index (χ1n) is 6.26. The van der Waals surface area contributed by atoms with Gasteiger partial charge in [0.2, 0.25) is 0 Å². The quantitative estimate of drug-likeness (QED) is 0.424. The second-order valence-electron chi connectivity index (χ2n) is 4.26. The highest BCUT2D eigenvalue weighted by atomic mass is 14.0. The van der Waals surface area contributed by atoms with Crippen LogP contribution in [0.25, 0.3) is 0 Å². The lowest BCUT2D eigenvalue weighted by Crippen LogP contribution is -1.88. The molecule has 1 rings (SSSR count). The Bertz CT molecular complexity index is 186. The molecule has 0 aliphatic heterocycles. The topological polar surface area (TPSA) is 0 Å². The molecule has 1 aliphatic carbocycles. The van der Waals surface area contributed by atoms with E-state index in [0.717, 1.165) is 0 Å². The molecule has 0 atom stereocenters. The highest BCUT2D eigenvalue weighted by Gasteiger charge is 1.98. The van der Waals surface area contributed by atoms with Crippen molar-refractivity contribution in [3.63, 3.8) is 0 Å². The summed E-state index contributed by atoms with van der Waals surface area (Å²) in [6.45, 7) is 2.28. The summed E-state index contributed by atoms with van der Waals surface area (Å²) in [4.78, 5) is 0. The molecular formula is C14H24. The van der Waals surface area contributed by atoms with Gasteiger partial charge in [-0.1, -0.05) is 50.0 Å². The number of allylic oxidation sites excluding steroid dienone is 4. The Morgan fingerprint density at radius 2 is 1.86 bits per heavy atom. The fourth-order valence-corrected chi connectivity index (χ4v) is 2.00. The fourth-order valence-electron chi connectivity index (χ4n) is 2.00. The molecule has 0 aromatic rings. The molecule has 0 aromatic heterocycles. The third-order valence-corrected chi connectivity index (χ3v) is 2.92. The van der Waals surface area contributed by atoms with Crippen LogP contribution in [-0.2, 0) is 0 Å². The van der Waals surface area contributed by atoms with Gasteiger partial charge < -0.3 is 0 Å². The molecule has 0 nitrogen and oxygen atoms in total. The monoisotopic (exact) mass is 192 g/mol. The SMILES string of the molecule is CCCCCCC1=CCCC=CCC1. The molecule has 0 aromatic carbocycles. The molecule has 0 unspecified atom stereocenters. The first-order valence-corrected chi connectivity index (χ1v) is 6.26. The van der Waals surface area contributed by atoms with Gasteiger partial charge in [0.15, 0.2) is 0 Å². The minimum absolute atomic E-state index is 1.25. The minimum atomic E-state index is 1.25. The number of hydrogen-bond donors (Lipinski definition) is 0. The van der Waals surface area contributed by atoms with Crippen molar-refractivity contribution in [2.45, 2.75) is 64.7 Å². The van der Waals surface area contributed by atoms with Crippen LogP contribution in [-0.4, -0.2) is 0 Å². The van der Waals surface area contributed by atoms with E-state index in [1.54, 1.807) is 5.57 Å². The molecule has 1 aliphatic rings. The second kappa shape index (κ2) is 7.84. The van der Waals surface area contributed by atoms with E-state index >= 15 is 0 Å². The molecule has 0 N–H and O–H groups in total. The lowest BCUT2D eigenvalue weighted by atomic mass is 9.99. The van der Waals surface area contributed by atoms with Gasteiger partial charge in [-0.15, -0.1) is 0 Å². The lowest BCUT2D eigenvalue weighted by Gasteiger charge is -2.08. The van der Waals surface area contributed by atoms with Gasteiger partial charge in [-0.25, -0.2) is 0 Å². The first kappa shape index (κ1) is 11.6. The van der Waals surface area contributed by atoms with Gasteiger partial charge in [-0.3, -0.25) is 0 Å². The number of unbranched alkanes of at least 4 members (excludes halogenated alkanes) is 3. The summed E-state index contributed by atoms with van der Waals surface area (Å²) in [6.07, 6.45) is 19.2. The van der Waals surface area contributed by atoms with Crippen molar-refractivity contribution in [3.8, 4) is 0 Å². The van der Waals surface area contributed by atoms with Crippen LogP contribution in [0.1, 0.15) is 64.7 Å². The van der Waals surface area contributed by atoms with Crippen molar-refractivity contribution in [2.75, 3.05) is 0 Å². The molecule has 14 heavy (non-hydrogen) atoms.